The van der Waals surface area contributed by atoms with E-state index in [-0.39, 0.29) is 17.8 Å². The van der Waals surface area contributed by atoms with Crippen LogP contribution < -0.4 is 5.32 Å². The van der Waals surface area contributed by atoms with Crippen LogP contribution in [0.1, 0.15) is 32.3 Å². The van der Waals surface area contributed by atoms with E-state index in [1.807, 2.05) is 0 Å². The molecule has 1 aromatic carbocycles. The van der Waals surface area contributed by atoms with Crippen molar-refractivity contribution in [2.24, 2.45) is 0 Å². The van der Waals surface area contributed by atoms with Gasteiger partial charge in [0.1, 0.15) is 5.82 Å². The first-order chi connectivity index (χ1) is 12.3. The monoisotopic (exact) mass is 361 g/mol. The molecule has 2 fully saturated rings. The molecule has 26 heavy (non-hydrogen) atoms. The molecule has 1 N–H and O–H groups in total. The van der Waals surface area contributed by atoms with Crippen LogP contribution in [-0.2, 0) is 19.8 Å². The molecule has 2 aliphatic rings. The van der Waals surface area contributed by atoms with Crippen LogP contribution in [-0.4, -0.2) is 59.7 Å². The fourth-order valence-electron chi connectivity index (χ4n) is 3.40. The second kappa shape index (κ2) is 7.05. The highest BCUT2D eigenvalue weighted by molar-refractivity contribution is 6.35. The number of carbonyl (C=O) groups is 3. The molecule has 7 heteroatoms. The lowest BCUT2D eigenvalue weighted by Crippen LogP contribution is -2.55. The third-order valence-electron chi connectivity index (χ3n) is 5.02. The lowest BCUT2D eigenvalue weighted by Gasteiger charge is -2.36. The summed E-state index contributed by atoms with van der Waals surface area (Å²) >= 11 is 0. The molecule has 1 saturated heterocycles. The number of hydrogen-bond acceptors (Lipinski definition) is 3. The quantitative estimate of drug-likeness (QED) is 0.819. The van der Waals surface area contributed by atoms with Crippen LogP contribution in [0.15, 0.2) is 24.3 Å². The van der Waals surface area contributed by atoms with E-state index in [2.05, 4.69) is 5.32 Å². The molecule has 1 aliphatic heterocycles. The molecule has 0 radical (unpaired) electrons. The summed E-state index contributed by atoms with van der Waals surface area (Å²) in [6, 6.07) is 6.02. The summed E-state index contributed by atoms with van der Waals surface area (Å²) < 4.78 is 13.1. The van der Waals surface area contributed by atoms with Gasteiger partial charge in [-0.3, -0.25) is 14.4 Å². The lowest BCUT2D eigenvalue weighted by atomic mass is 9.94. The summed E-state index contributed by atoms with van der Waals surface area (Å²) in [6.45, 7) is 5.09. The normalized spacial score (nSPS) is 18.6. The zero-order valence-corrected chi connectivity index (χ0v) is 15.1. The number of nitrogens with zero attached hydrogens (tertiary/aromatic N) is 2. The molecule has 1 saturated carbocycles. The zero-order valence-electron chi connectivity index (χ0n) is 15.1. The molecule has 6 nitrogen and oxygen atoms in total. The minimum absolute atomic E-state index is 0.0304. The lowest BCUT2D eigenvalue weighted by molar-refractivity contribution is -0.149. The molecule has 3 amide bonds. The van der Waals surface area contributed by atoms with Gasteiger partial charge in [-0.25, -0.2) is 4.39 Å². The van der Waals surface area contributed by atoms with Crippen LogP contribution in [0.4, 0.5) is 4.39 Å². The van der Waals surface area contributed by atoms with Gasteiger partial charge >= 0.3 is 11.8 Å². The first kappa shape index (κ1) is 18.4. The molecular weight excluding hydrogens is 337 g/mol. The van der Waals surface area contributed by atoms with Gasteiger partial charge in [0, 0.05) is 32.2 Å². The van der Waals surface area contributed by atoms with Crippen molar-refractivity contribution in [3.63, 3.8) is 0 Å². The van der Waals surface area contributed by atoms with Crippen molar-refractivity contribution >= 4 is 17.7 Å². The minimum Gasteiger partial charge on any atom is -0.346 e. The summed E-state index contributed by atoms with van der Waals surface area (Å²) in [7, 11) is 0. The molecule has 0 bridgehead atoms. The van der Waals surface area contributed by atoms with E-state index >= 15 is 0 Å². The number of piperazine rings is 1. The second-order valence-corrected chi connectivity index (χ2v) is 7.30. The molecule has 0 atom stereocenters. The predicted octanol–water partition coefficient (Wildman–Crippen LogP) is 1.05. The van der Waals surface area contributed by atoms with Crippen LogP contribution in [0, 0.1) is 5.82 Å². The van der Waals surface area contributed by atoms with Gasteiger partial charge in [-0.05, 0) is 44.4 Å². The molecule has 0 spiro atoms. The maximum atomic E-state index is 13.1. The third-order valence-corrected chi connectivity index (χ3v) is 5.02. The molecule has 0 aromatic heterocycles. The van der Waals surface area contributed by atoms with E-state index in [1.165, 1.54) is 17.0 Å². The maximum Gasteiger partial charge on any atom is 0.312 e. The topological polar surface area (TPSA) is 69.7 Å². The Bertz CT molecular complexity index is 705. The Kier molecular flexibility index (Phi) is 4.98. The van der Waals surface area contributed by atoms with E-state index in [4.69, 9.17) is 0 Å². The van der Waals surface area contributed by atoms with Crippen LogP contribution >= 0.6 is 0 Å². The summed E-state index contributed by atoms with van der Waals surface area (Å²) in [5.74, 6) is -1.44. The van der Waals surface area contributed by atoms with Crippen molar-refractivity contribution in [3.05, 3.63) is 35.6 Å². The number of hydrogen-bond donors (Lipinski definition) is 1. The fourth-order valence-corrected chi connectivity index (χ4v) is 3.40. The van der Waals surface area contributed by atoms with Gasteiger partial charge < -0.3 is 15.1 Å². The predicted molar refractivity (Wildman–Crippen MR) is 93.8 cm³/mol. The van der Waals surface area contributed by atoms with Crippen molar-refractivity contribution in [3.8, 4) is 0 Å². The molecule has 1 heterocycles. The van der Waals surface area contributed by atoms with Crippen LogP contribution in [0.2, 0.25) is 0 Å². The Morgan fingerprint density at radius 1 is 1.00 bits per heavy atom. The Morgan fingerprint density at radius 2 is 1.54 bits per heavy atom. The van der Waals surface area contributed by atoms with E-state index in [1.54, 1.807) is 30.9 Å². The van der Waals surface area contributed by atoms with Crippen LogP contribution in [0.5, 0.6) is 0 Å². The van der Waals surface area contributed by atoms with Crippen LogP contribution in [0.25, 0.3) is 0 Å². The van der Waals surface area contributed by atoms with Gasteiger partial charge in [0.2, 0.25) is 5.91 Å². The Morgan fingerprint density at radius 3 is 2.04 bits per heavy atom. The summed E-state index contributed by atoms with van der Waals surface area (Å²) in [4.78, 5) is 40.2. The first-order valence-corrected chi connectivity index (χ1v) is 8.99. The van der Waals surface area contributed by atoms with E-state index in [9.17, 15) is 18.8 Å². The third kappa shape index (κ3) is 3.57. The van der Waals surface area contributed by atoms with Gasteiger partial charge in [0.15, 0.2) is 0 Å². The Labute approximate surface area is 152 Å². The number of halogens is 1. The smallest absolute Gasteiger partial charge is 0.312 e. The molecule has 1 aromatic rings. The standard InChI is InChI=1S/C19H24FN3O3/c1-13(2)21-16(24)17(25)22-9-11-23(12-10-22)18(26)19(7-8-19)14-3-5-15(20)6-4-14/h3-6,13H,7-12H2,1-2H3,(H,21,24). The van der Waals surface area contributed by atoms with Gasteiger partial charge in [-0.15, -0.1) is 0 Å². The molecule has 0 unspecified atom stereocenters. The molecular formula is C19H24FN3O3. The average molecular weight is 361 g/mol. The highest BCUT2D eigenvalue weighted by atomic mass is 19.1. The number of nitrogens with one attached hydrogen (secondary N) is 1. The van der Waals surface area contributed by atoms with E-state index in [0.29, 0.717) is 26.2 Å². The number of rotatable bonds is 3. The molecule has 1 aliphatic carbocycles. The van der Waals surface area contributed by atoms with Crippen molar-refractivity contribution < 1.29 is 18.8 Å². The summed E-state index contributed by atoms with van der Waals surface area (Å²) in [5, 5.41) is 2.59. The average Bonchev–Trinajstić information content (AvgIpc) is 3.42. The highest BCUT2D eigenvalue weighted by Gasteiger charge is 2.53. The Hall–Kier alpha value is -2.44. The van der Waals surface area contributed by atoms with Crippen LogP contribution in [0.3, 0.4) is 0 Å². The largest absolute Gasteiger partial charge is 0.346 e. The van der Waals surface area contributed by atoms with Gasteiger partial charge in [0.05, 0.1) is 5.41 Å². The van der Waals surface area contributed by atoms with E-state index in [0.717, 1.165) is 18.4 Å². The second-order valence-electron chi connectivity index (χ2n) is 7.30. The SMILES string of the molecule is CC(C)NC(=O)C(=O)N1CCN(C(=O)C2(c3ccc(F)cc3)CC2)CC1. The van der Waals surface area contributed by atoms with Crippen molar-refractivity contribution in [1.82, 2.24) is 15.1 Å². The molecule has 140 valence electrons. The number of benzene rings is 1. The van der Waals surface area contributed by atoms with Crippen molar-refractivity contribution in [2.75, 3.05) is 26.2 Å². The Balaban J connectivity index is 1.60. The van der Waals surface area contributed by atoms with Gasteiger partial charge in [-0.2, -0.15) is 0 Å². The summed E-state index contributed by atoms with van der Waals surface area (Å²) in [5.41, 5.74) is 0.299. The van der Waals surface area contributed by atoms with Crippen molar-refractivity contribution in [2.45, 2.75) is 38.1 Å². The number of amides is 3. The van der Waals surface area contributed by atoms with Gasteiger partial charge in [0.25, 0.3) is 0 Å². The maximum absolute atomic E-state index is 13.1. The molecule has 3 rings (SSSR count). The van der Waals surface area contributed by atoms with Crippen molar-refractivity contribution in [1.29, 1.82) is 0 Å². The zero-order chi connectivity index (χ0) is 18.9. The first-order valence-electron chi connectivity index (χ1n) is 8.99. The minimum atomic E-state index is -0.607. The highest BCUT2D eigenvalue weighted by Crippen LogP contribution is 2.49. The number of carbonyl (C=O) groups excluding carboxylic acids is 3. The fraction of sp³-hybridized carbons (Fsp3) is 0.526. The van der Waals surface area contributed by atoms with E-state index < -0.39 is 17.2 Å². The summed E-state index contributed by atoms with van der Waals surface area (Å²) in [6.07, 6.45) is 1.51. The van der Waals surface area contributed by atoms with Gasteiger partial charge in [-0.1, -0.05) is 12.1 Å².